The Morgan fingerprint density at radius 2 is 1.59 bits per heavy atom. The Morgan fingerprint density at radius 1 is 0.963 bits per heavy atom. The van der Waals surface area contributed by atoms with Crippen LogP contribution < -0.4 is 15.4 Å². The molecule has 3 N–H and O–H groups in total. The van der Waals surface area contributed by atoms with Crippen LogP contribution in [0, 0.1) is 0 Å². The molecule has 1 aromatic carbocycles. The molecule has 0 saturated heterocycles. The van der Waals surface area contributed by atoms with E-state index in [4.69, 9.17) is 4.74 Å². The number of ether oxygens (including phenoxy) is 1. The average Bonchev–Trinajstić information content (AvgIpc) is 2.65. The fourth-order valence-electron chi connectivity index (χ4n) is 3.01. The van der Waals surface area contributed by atoms with Crippen LogP contribution in [0.4, 0.5) is 5.69 Å². The van der Waals surface area contributed by atoms with Crippen molar-refractivity contribution in [2.75, 3.05) is 25.0 Å². The standard InChI is InChI=1S/C22H38N2O3/c1-3-5-6-7-8-9-10-11-12-13-16-24-22(26)18-27-21-15-14-19(25)17-20(21)23-4-2/h14-15,17,23,25H,3-13,16,18H2,1-2H3,(H,24,26). The van der Waals surface area contributed by atoms with Crippen LogP contribution in [0.2, 0.25) is 0 Å². The first-order valence-corrected chi connectivity index (χ1v) is 10.6. The number of hydrogen-bond donors (Lipinski definition) is 3. The molecule has 0 heterocycles. The van der Waals surface area contributed by atoms with Gasteiger partial charge in [0.15, 0.2) is 6.61 Å². The Morgan fingerprint density at radius 3 is 2.22 bits per heavy atom. The second-order valence-corrected chi connectivity index (χ2v) is 7.03. The van der Waals surface area contributed by atoms with E-state index < -0.39 is 0 Å². The van der Waals surface area contributed by atoms with Crippen molar-refractivity contribution < 1.29 is 14.6 Å². The van der Waals surface area contributed by atoms with E-state index in [1.807, 2.05) is 6.92 Å². The van der Waals surface area contributed by atoms with E-state index in [1.54, 1.807) is 18.2 Å². The van der Waals surface area contributed by atoms with Gasteiger partial charge in [-0.05, 0) is 25.5 Å². The third-order valence-electron chi connectivity index (χ3n) is 4.54. The molecule has 0 bridgehead atoms. The molecular weight excluding hydrogens is 340 g/mol. The van der Waals surface area contributed by atoms with E-state index in [0.29, 0.717) is 24.5 Å². The van der Waals surface area contributed by atoms with Gasteiger partial charge in [0.25, 0.3) is 5.91 Å². The number of phenolic OH excluding ortho intramolecular Hbond substituents is 1. The van der Waals surface area contributed by atoms with Crippen LogP contribution in [0.5, 0.6) is 11.5 Å². The monoisotopic (exact) mass is 378 g/mol. The Bertz CT molecular complexity index is 520. The number of aromatic hydroxyl groups is 1. The van der Waals surface area contributed by atoms with Gasteiger partial charge < -0.3 is 20.5 Å². The predicted octanol–water partition coefficient (Wildman–Crippen LogP) is 5.24. The summed E-state index contributed by atoms with van der Waals surface area (Å²) < 4.78 is 5.57. The van der Waals surface area contributed by atoms with Crippen LogP contribution in [0.15, 0.2) is 18.2 Å². The molecule has 0 saturated carbocycles. The second-order valence-electron chi connectivity index (χ2n) is 7.03. The number of anilines is 1. The van der Waals surface area contributed by atoms with E-state index in [0.717, 1.165) is 6.42 Å². The van der Waals surface area contributed by atoms with E-state index in [-0.39, 0.29) is 18.3 Å². The number of hydrogen-bond acceptors (Lipinski definition) is 4. The highest BCUT2D eigenvalue weighted by atomic mass is 16.5. The minimum Gasteiger partial charge on any atom is -0.508 e. The molecule has 1 rings (SSSR count). The lowest BCUT2D eigenvalue weighted by molar-refractivity contribution is -0.123. The summed E-state index contributed by atoms with van der Waals surface area (Å²) in [5.74, 6) is 0.633. The van der Waals surface area contributed by atoms with Crippen molar-refractivity contribution in [2.45, 2.75) is 78.1 Å². The van der Waals surface area contributed by atoms with Gasteiger partial charge in [-0.3, -0.25) is 4.79 Å². The minimum absolute atomic E-state index is 0.0130. The van der Waals surface area contributed by atoms with Crippen molar-refractivity contribution in [1.82, 2.24) is 5.32 Å². The number of amides is 1. The van der Waals surface area contributed by atoms with Crippen LogP contribution in [0.3, 0.4) is 0 Å². The molecule has 0 atom stereocenters. The van der Waals surface area contributed by atoms with E-state index in [1.165, 1.54) is 57.8 Å². The molecule has 0 aliphatic rings. The van der Waals surface area contributed by atoms with Crippen molar-refractivity contribution in [3.63, 3.8) is 0 Å². The van der Waals surface area contributed by atoms with Crippen LogP contribution in [0.1, 0.15) is 78.1 Å². The molecule has 5 nitrogen and oxygen atoms in total. The molecule has 0 aliphatic carbocycles. The van der Waals surface area contributed by atoms with Crippen LogP contribution >= 0.6 is 0 Å². The molecule has 5 heteroatoms. The van der Waals surface area contributed by atoms with Gasteiger partial charge in [-0.1, -0.05) is 64.7 Å². The maximum atomic E-state index is 11.9. The summed E-state index contributed by atoms with van der Waals surface area (Å²) in [5.41, 5.74) is 0.694. The molecule has 0 aliphatic heterocycles. The van der Waals surface area contributed by atoms with Crippen LogP contribution in [-0.2, 0) is 4.79 Å². The molecular formula is C22H38N2O3. The number of benzene rings is 1. The van der Waals surface area contributed by atoms with Crippen LogP contribution in [0.25, 0.3) is 0 Å². The number of phenols is 1. The van der Waals surface area contributed by atoms with E-state index in [2.05, 4.69) is 17.6 Å². The van der Waals surface area contributed by atoms with Gasteiger partial charge in [-0.25, -0.2) is 0 Å². The van der Waals surface area contributed by atoms with Gasteiger partial charge in [0.2, 0.25) is 0 Å². The summed E-state index contributed by atoms with van der Waals surface area (Å²) in [5, 5.41) is 15.6. The third kappa shape index (κ3) is 11.4. The van der Waals surface area contributed by atoms with Crippen molar-refractivity contribution in [3.05, 3.63) is 18.2 Å². The number of rotatable bonds is 16. The highest BCUT2D eigenvalue weighted by molar-refractivity contribution is 5.77. The minimum atomic E-state index is -0.110. The SMILES string of the molecule is CCCCCCCCCCCCNC(=O)COc1ccc(O)cc1NCC. The predicted molar refractivity (Wildman–Crippen MR) is 113 cm³/mol. The van der Waals surface area contributed by atoms with E-state index >= 15 is 0 Å². The zero-order valence-electron chi connectivity index (χ0n) is 17.2. The highest BCUT2D eigenvalue weighted by Gasteiger charge is 2.07. The summed E-state index contributed by atoms with van der Waals surface area (Å²) in [7, 11) is 0. The van der Waals surface area contributed by atoms with Crippen LogP contribution in [-0.4, -0.2) is 30.7 Å². The number of carbonyl (C=O) groups is 1. The molecule has 1 amide bonds. The fraction of sp³-hybridized carbons (Fsp3) is 0.682. The summed E-state index contributed by atoms with van der Waals surface area (Å²) in [6, 6.07) is 4.82. The molecule has 1 aromatic rings. The largest absolute Gasteiger partial charge is 0.508 e. The molecule has 0 unspecified atom stereocenters. The first kappa shape index (κ1) is 23.1. The van der Waals surface area contributed by atoms with Crippen molar-refractivity contribution in [2.24, 2.45) is 0 Å². The highest BCUT2D eigenvalue weighted by Crippen LogP contribution is 2.28. The van der Waals surface area contributed by atoms with Crippen molar-refractivity contribution >= 4 is 11.6 Å². The lowest BCUT2D eigenvalue weighted by atomic mass is 10.1. The summed E-state index contributed by atoms with van der Waals surface area (Å²) >= 11 is 0. The molecule has 0 aromatic heterocycles. The smallest absolute Gasteiger partial charge is 0.257 e. The quantitative estimate of drug-likeness (QED) is 0.344. The first-order chi connectivity index (χ1) is 13.2. The zero-order valence-corrected chi connectivity index (χ0v) is 17.2. The average molecular weight is 379 g/mol. The van der Waals surface area contributed by atoms with Gasteiger partial charge >= 0.3 is 0 Å². The summed E-state index contributed by atoms with van der Waals surface area (Å²) in [6.45, 7) is 5.62. The van der Waals surface area contributed by atoms with Gasteiger partial charge in [0.1, 0.15) is 11.5 Å². The Hall–Kier alpha value is -1.91. The summed E-state index contributed by atoms with van der Waals surface area (Å²) in [4.78, 5) is 11.9. The normalized spacial score (nSPS) is 10.6. The topological polar surface area (TPSA) is 70.6 Å². The lowest BCUT2D eigenvalue weighted by Crippen LogP contribution is -2.29. The Balaban J connectivity index is 2.05. The molecule has 27 heavy (non-hydrogen) atoms. The van der Waals surface area contributed by atoms with Crippen molar-refractivity contribution in [1.29, 1.82) is 0 Å². The number of carbonyl (C=O) groups excluding carboxylic acids is 1. The number of unbranched alkanes of at least 4 members (excludes halogenated alkanes) is 9. The molecule has 154 valence electrons. The fourth-order valence-corrected chi connectivity index (χ4v) is 3.01. The second kappa shape index (κ2) is 15.2. The molecule has 0 fully saturated rings. The molecule has 0 spiro atoms. The van der Waals surface area contributed by atoms with Crippen molar-refractivity contribution in [3.8, 4) is 11.5 Å². The van der Waals surface area contributed by atoms with Gasteiger partial charge in [0, 0.05) is 19.2 Å². The maximum absolute atomic E-state index is 11.9. The summed E-state index contributed by atoms with van der Waals surface area (Å²) in [6.07, 6.45) is 12.9. The molecule has 0 radical (unpaired) electrons. The Labute approximate surface area is 164 Å². The van der Waals surface area contributed by atoms with Gasteiger partial charge in [-0.15, -0.1) is 0 Å². The Kier molecular flexibility index (Phi) is 13.0. The third-order valence-corrected chi connectivity index (χ3v) is 4.54. The maximum Gasteiger partial charge on any atom is 0.257 e. The first-order valence-electron chi connectivity index (χ1n) is 10.6. The lowest BCUT2D eigenvalue weighted by Gasteiger charge is -2.12. The van der Waals surface area contributed by atoms with Gasteiger partial charge in [-0.2, -0.15) is 0 Å². The zero-order chi connectivity index (χ0) is 19.7. The van der Waals surface area contributed by atoms with Gasteiger partial charge in [0.05, 0.1) is 5.69 Å². The number of nitrogens with one attached hydrogen (secondary N) is 2. The van der Waals surface area contributed by atoms with E-state index in [9.17, 15) is 9.90 Å².